The number of fused-ring (bicyclic) bond motifs is 1. The highest BCUT2D eigenvalue weighted by Gasteiger charge is 2.20. The number of aryl methyl sites for hydroxylation is 1. The van der Waals surface area contributed by atoms with Crippen molar-refractivity contribution in [1.82, 2.24) is 9.97 Å². The van der Waals surface area contributed by atoms with Gasteiger partial charge in [-0.15, -0.1) is 0 Å². The van der Waals surface area contributed by atoms with Gasteiger partial charge in [-0.1, -0.05) is 12.1 Å². The van der Waals surface area contributed by atoms with Gasteiger partial charge in [-0.3, -0.25) is 9.97 Å². The third-order valence-corrected chi connectivity index (χ3v) is 4.09. The van der Waals surface area contributed by atoms with Gasteiger partial charge in [0, 0.05) is 29.2 Å². The Kier molecular flexibility index (Phi) is 3.39. The van der Waals surface area contributed by atoms with Gasteiger partial charge in [-0.05, 0) is 36.8 Å². The summed E-state index contributed by atoms with van der Waals surface area (Å²) < 4.78 is 19.3. The minimum absolute atomic E-state index is 0.118. The van der Waals surface area contributed by atoms with Crippen LogP contribution in [-0.4, -0.2) is 9.97 Å². The van der Waals surface area contributed by atoms with Crippen LogP contribution in [0.5, 0.6) is 0 Å². The molecule has 0 radical (unpaired) electrons. The number of benzene rings is 1. The first-order valence-electron chi connectivity index (χ1n) is 7.70. The molecular formula is C19H15FN4O. The zero-order valence-corrected chi connectivity index (χ0v) is 13.5. The molecular weight excluding hydrogens is 319 g/mol. The third kappa shape index (κ3) is 2.48. The van der Waals surface area contributed by atoms with Crippen molar-refractivity contribution in [3.8, 4) is 22.4 Å². The van der Waals surface area contributed by atoms with E-state index in [0.29, 0.717) is 33.5 Å². The second kappa shape index (κ2) is 5.59. The summed E-state index contributed by atoms with van der Waals surface area (Å²) in [5.41, 5.74) is 16.5. The highest BCUT2D eigenvalue weighted by molar-refractivity contribution is 6.09. The Bertz CT molecular complexity index is 1100. The molecule has 3 heterocycles. The van der Waals surface area contributed by atoms with Crippen molar-refractivity contribution in [2.75, 3.05) is 11.5 Å². The number of hydrogen-bond acceptors (Lipinski definition) is 5. The van der Waals surface area contributed by atoms with Gasteiger partial charge in [0.05, 0.1) is 5.39 Å². The zero-order chi connectivity index (χ0) is 17.6. The highest BCUT2D eigenvalue weighted by Crippen LogP contribution is 2.41. The number of nitrogens with zero attached hydrogens (tertiary/aromatic N) is 2. The number of halogens is 1. The molecule has 4 aromatic rings. The Labute approximate surface area is 143 Å². The van der Waals surface area contributed by atoms with Gasteiger partial charge in [-0.2, -0.15) is 0 Å². The number of hydrogen-bond donors (Lipinski definition) is 2. The maximum atomic E-state index is 13.6. The van der Waals surface area contributed by atoms with E-state index in [1.165, 1.54) is 12.1 Å². The van der Waals surface area contributed by atoms with Crippen LogP contribution in [0.2, 0.25) is 0 Å². The fraction of sp³-hybridized carbons (Fsp3) is 0.0526. The molecule has 0 aliphatic rings. The van der Waals surface area contributed by atoms with Gasteiger partial charge < -0.3 is 15.9 Å². The number of anilines is 2. The summed E-state index contributed by atoms with van der Waals surface area (Å²) >= 11 is 0. The molecule has 0 bridgehead atoms. The Hall–Kier alpha value is -3.41. The van der Waals surface area contributed by atoms with Gasteiger partial charge in [0.15, 0.2) is 5.58 Å². The molecule has 0 amide bonds. The minimum atomic E-state index is -0.338. The van der Waals surface area contributed by atoms with E-state index in [4.69, 9.17) is 15.9 Å². The zero-order valence-electron chi connectivity index (χ0n) is 13.5. The largest absolute Gasteiger partial charge is 0.436 e. The lowest BCUT2D eigenvalue weighted by atomic mass is 10.0. The molecule has 0 unspecified atom stereocenters. The molecule has 0 aliphatic heterocycles. The molecule has 3 aromatic heterocycles. The summed E-state index contributed by atoms with van der Waals surface area (Å²) in [6, 6.07) is 9.98. The summed E-state index contributed by atoms with van der Waals surface area (Å²) in [7, 11) is 0. The minimum Gasteiger partial charge on any atom is -0.436 e. The normalized spacial score (nSPS) is 11.1. The third-order valence-electron chi connectivity index (χ3n) is 4.09. The van der Waals surface area contributed by atoms with E-state index in [0.717, 1.165) is 11.3 Å². The second-order valence-electron chi connectivity index (χ2n) is 5.80. The summed E-state index contributed by atoms with van der Waals surface area (Å²) in [5, 5.41) is 0.627. The Morgan fingerprint density at radius 1 is 1.04 bits per heavy atom. The van der Waals surface area contributed by atoms with Gasteiger partial charge in [0.25, 0.3) is 0 Å². The smallest absolute Gasteiger partial charge is 0.215 e. The lowest BCUT2D eigenvalue weighted by Gasteiger charge is -2.08. The molecule has 0 aliphatic carbocycles. The summed E-state index contributed by atoms with van der Waals surface area (Å²) in [5.74, 6) is -0.220. The quantitative estimate of drug-likeness (QED) is 0.574. The topological polar surface area (TPSA) is 91.0 Å². The van der Waals surface area contributed by atoms with Gasteiger partial charge in [-0.25, -0.2) is 4.39 Å². The summed E-state index contributed by atoms with van der Waals surface area (Å²) in [4.78, 5) is 8.72. The monoisotopic (exact) mass is 334 g/mol. The van der Waals surface area contributed by atoms with Crippen molar-refractivity contribution in [2.24, 2.45) is 0 Å². The first-order chi connectivity index (χ1) is 12.0. The molecule has 124 valence electrons. The number of aromatic nitrogens is 2. The van der Waals surface area contributed by atoms with Crippen LogP contribution in [-0.2, 0) is 0 Å². The number of rotatable bonds is 2. The standard InChI is InChI=1S/C19H15FN4O/c1-10-7-12(5-6-23-10)17-18-15(16(21)19(22)25-18)14(9-24-17)11-3-2-4-13(20)8-11/h2-9H,21-22H2,1H3. The fourth-order valence-electron chi connectivity index (χ4n) is 2.92. The lowest BCUT2D eigenvalue weighted by Crippen LogP contribution is -1.93. The van der Waals surface area contributed by atoms with Crippen LogP contribution in [0, 0.1) is 12.7 Å². The van der Waals surface area contributed by atoms with E-state index in [2.05, 4.69) is 9.97 Å². The van der Waals surface area contributed by atoms with Gasteiger partial charge in [0.2, 0.25) is 5.88 Å². The van der Waals surface area contributed by atoms with Crippen LogP contribution in [0.4, 0.5) is 16.0 Å². The van der Waals surface area contributed by atoms with Crippen molar-refractivity contribution >= 4 is 22.5 Å². The van der Waals surface area contributed by atoms with E-state index in [-0.39, 0.29) is 11.7 Å². The van der Waals surface area contributed by atoms with Crippen molar-refractivity contribution in [1.29, 1.82) is 0 Å². The second-order valence-corrected chi connectivity index (χ2v) is 5.80. The maximum absolute atomic E-state index is 13.6. The molecule has 4 rings (SSSR count). The van der Waals surface area contributed by atoms with Crippen LogP contribution in [0.15, 0.2) is 53.2 Å². The van der Waals surface area contributed by atoms with Crippen LogP contribution < -0.4 is 11.5 Å². The fourth-order valence-corrected chi connectivity index (χ4v) is 2.92. The summed E-state index contributed by atoms with van der Waals surface area (Å²) in [6.07, 6.45) is 3.36. The Morgan fingerprint density at radius 3 is 2.64 bits per heavy atom. The number of pyridine rings is 2. The predicted octanol–water partition coefficient (Wildman–Crippen LogP) is 4.17. The number of nitrogen functional groups attached to an aromatic ring is 2. The van der Waals surface area contributed by atoms with Crippen molar-refractivity contribution < 1.29 is 8.81 Å². The molecule has 0 fully saturated rings. The molecule has 5 nitrogen and oxygen atoms in total. The van der Waals surface area contributed by atoms with E-state index in [1.54, 1.807) is 24.5 Å². The average molecular weight is 334 g/mol. The van der Waals surface area contributed by atoms with Crippen molar-refractivity contribution in [3.63, 3.8) is 0 Å². The first-order valence-corrected chi connectivity index (χ1v) is 7.70. The van der Waals surface area contributed by atoms with Crippen molar-refractivity contribution in [3.05, 3.63) is 60.3 Å². The first kappa shape index (κ1) is 15.1. The Balaban J connectivity index is 2.04. The SMILES string of the molecule is Cc1cc(-c2ncc(-c3cccc(F)c3)c3c(N)c(N)oc23)ccn1. The highest BCUT2D eigenvalue weighted by atomic mass is 19.1. The van der Waals surface area contributed by atoms with Crippen LogP contribution in [0.25, 0.3) is 33.4 Å². The van der Waals surface area contributed by atoms with Crippen molar-refractivity contribution in [2.45, 2.75) is 6.92 Å². The van der Waals surface area contributed by atoms with Gasteiger partial charge in [0.1, 0.15) is 17.2 Å². The molecule has 6 heteroatoms. The van der Waals surface area contributed by atoms with E-state index >= 15 is 0 Å². The van der Waals surface area contributed by atoms with Crippen LogP contribution in [0.1, 0.15) is 5.69 Å². The molecule has 0 saturated heterocycles. The number of nitrogens with two attached hydrogens (primary N) is 2. The molecule has 0 saturated carbocycles. The van der Waals surface area contributed by atoms with Crippen LogP contribution >= 0.6 is 0 Å². The molecule has 1 aromatic carbocycles. The molecule has 0 atom stereocenters. The van der Waals surface area contributed by atoms with E-state index in [1.807, 2.05) is 19.1 Å². The van der Waals surface area contributed by atoms with E-state index in [9.17, 15) is 4.39 Å². The van der Waals surface area contributed by atoms with E-state index < -0.39 is 0 Å². The Morgan fingerprint density at radius 2 is 1.88 bits per heavy atom. The summed E-state index contributed by atoms with van der Waals surface area (Å²) in [6.45, 7) is 1.90. The molecule has 25 heavy (non-hydrogen) atoms. The number of furan rings is 1. The van der Waals surface area contributed by atoms with Gasteiger partial charge >= 0.3 is 0 Å². The molecule has 0 spiro atoms. The van der Waals surface area contributed by atoms with Crippen LogP contribution in [0.3, 0.4) is 0 Å². The average Bonchev–Trinajstić information content (AvgIpc) is 2.89. The predicted molar refractivity (Wildman–Crippen MR) is 96.2 cm³/mol. The lowest BCUT2D eigenvalue weighted by molar-refractivity contribution is 0.628. The maximum Gasteiger partial charge on any atom is 0.215 e. The molecule has 4 N–H and O–H groups in total.